The number of carboxylic acid groups (broad SMARTS) is 1. The average Bonchev–Trinajstić information content (AvgIpc) is 3.05. The molecule has 0 bridgehead atoms. The highest BCUT2D eigenvalue weighted by molar-refractivity contribution is 5.79. The third-order valence-electron chi connectivity index (χ3n) is 3.82. The Morgan fingerprint density at radius 2 is 2.11 bits per heavy atom. The molecule has 1 aliphatic carbocycles. The molecule has 2 N–H and O–H groups in total. The number of amides is 1. The first kappa shape index (κ1) is 13.6. The van der Waals surface area contributed by atoms with Gasteiger partial charge in [-0.25, -0.2) is 0 Å². The molecule has 5 heteroatoms. The highest BCUT2D eigenvalue weighted by atomic mass is 16.4. The summed E-state index contributed by atoms with van der Waals surface area (Å²) in [6.45, 7) is 0.235. The fraction of sp³-hybridized carbons (Fsp3) is 0.571. The Morgan fingerprint density at radius 3 is 2.68 bits per heavy atom. The Balaban J connectivity index is 1.77. The topological polar surface area (TPSA) is 79.5 Å². The number of carboxylic acids is 1. The summed E-state index contributed by atoms with van der Waals surface area (Å²) in [5, 5.41) is 12.0. The van der Waals surface area contributed by atoms with E-state index in [1.165, 1.54) is 0 Å². The normalized spacial score (nSPS) is 17.3. The van der Waals surface area contributed by atoms with Gasteiger partial charge in [-0.3, -0.25) is 9.59 Å². The van der Waals surface area contributed by atoms with Crippen molar-refractivity contribution in [3.05, 3.63) is 24.2 Å². The van der Waals surface area contributed by atoms with E-state index < -0.39 is 11.4 Å². The van der Waals surface area contributed by atoms with Gasteiger partial charge in [0.2, 0.25) is 5.91 Å². The molecule has 0 radical (unpaired) electrons. The standard InChI is InChI=1S/C14H19NO4/c16-12(6-5-11-4-3-9-19-11)15-10-14(13(17)18)7-1-2-8-14/h3-4,9H,1-2,5-8,10H2,(H,15,16)(H,17,18). The van der Waals surface area contributed by atoms with Crippen molar-refractivity contribution in [1.82, 2.24) is 5.32 Å². The zero-order valence-corrected chi connectivity index (χ0v) is 10.9. The Morgan fingerprint density at radius 1 is 1.37 bits per heavy atom. The summed E-state index contributed by atoms with van der Waals surface area (Å²) in [5.41, 5.74) is -0.750. The summed E-state index contributed by atoms with van der Waals surface area (Å²) < 4.78 is 5.15. The maximum Gasteiger partial charge on any atom is 0.311 e. The molecule has 19 heavy (non-hydrogen) atoms. The van der Waals surface area contributed by atoms with Crippen LogP contribution < -0.4 is 5.32 Å². The minimum Gasteiger partial charge on any atom is -0.481 e. The molecule has 5 nitrogen and oxygen atoms in total. The van der Waals surface area contributed by atoms with Gasteiger partial charge in [0, 0.05) is 19.4 Å². The Bertz CT molecular complexity index is 432. The van der Waals surface area contributed by atoms with E-state index in [2.05, 4.69) is 5.32 Å². The first-order chi connectivity index (χ1) is 9.12. The van der Waals surface area contributed by atoms with Crippen LogP contribution in [0.2, 0.25) is 0 Å². The van der Waals surface area contributed by atoms with E-state index in [-0.39, 0.29) is 12.5 Å². The molecule has 104 valence electrons. The van der Waals surface area contributed by atoms with Gasteiger partial charge in [0.1, 0.15) is 5.76 Å². The first-order valence-electron chi connectivity index (χ1n) is 6.65. The number of hydrogen-bond donors (Lipinski definition) is 2. The largest absolute Gasteiger partial charge is 0.481 e. The van der Waals surface area contributed by atoms with Gasteiger partial charge < -0.3 is 14.8 Å². The molecular formula is C14H19NO4. The third kappa shape index (κ3) is 3.36. The molecule has 0 aliphatic heterocycles. The summed E-state index contributed by atoms with van der Waals surface area (Å²) in [4.78, 5) is 23.0. The average molecular weight is 265 g/mol. The van der Waals surface area contributed by atoms with Crippen molar-refractivity contribution in [1.29, 1.82) is 0 Å². The predicted molar refractivity (Wildman–Crippen MR) is 68.6 cm³/mol. The van der Waals surface area contributed by atoms with E-state index in [0.29, 0.717) is 25.7 Å². The van der Waals surface area contributed by atoms with E-state index in [9.17, 15) is 14.7 Å². The number of rotatable bonds is 6. The molecule has 0 atom stereocenters. The van der Waals surface area contributed by atoms with Gasteiger partial charge in [-0.15, -0.1) is 0 Å². The fourth-order valence-corrected chi connectivity index (χ4v) is 2.57. The zero-order valence-electron chi connectivity index (χ0n) is 10.9. The molecule has 0 unspecified atom stereocenters. The van der Waals surface area contributed by atoms with Crippen LogP contribution in [0, 0.1) is 5.41 Å². The highest BCUT2D eigenvalue weighted by Gasteiger charge is 2.41. The van der Waals surface area contributed by atoms with E-state index in [1.54, 1.807) is 12.3 Å². The van der Waals surface area contributed by atoms with Gasteiger partial charge >= 0.3 is 5.97 Å². The van der Waals surface area contributed by atoms with Crippen LogP contribution in [0.15, 0.2) is 22.8 Å². The van der Waals surface area contributed by atoms with Gasteiger partial charge in [0.15, 0.2) is 0 Å². The summed E-state index contributed by atoms with van der Waals surface area (Å²) in [6, 6.07) is 3.61. The molecule has 1 heterocycles. The second-order valence-electron chi connectivity index (χ2n) is 5.15. The fourth-order valence-electron chi connectivity index (χ4n) is 2.57. The maximum atomic E-state index is 11.7. The second kappa shape index (κ2) is 5.91. The van der Waals surface area contributed by atoms with Crippen molar-refractivity contribution < 1.29 is 19.1 Å². The highest BCUT2D eigenvalue weighted by Crippen LogP contribution is 2.37. The lowest BCUT2D eigenvalue weighted by Crippen LogP contribution is -2.41. The molecule has 2 rings (SSSR count). The predicted octanol–water partition coefficient (Wildman–Crippen LogP) is 1.97. The molecule has 0 saturated heterocycles. The van der Waals surface area contributed by atoms with Crippen LogP contribution in [0.4, 0.5) is 0 Å². The molecule has 0 spiro atoms. The lowest BCUT2D eigenvalue weighted by molar-refractivity contribution is -0.148. The van der Waals surface area contributed by atoms with E-state index in [0.717, 1.165) is 18.6 Å². The van der Waals surface area contributed by atoms with Crippen molar-refractivity contribution >= 4 is 11.9 Å². The van der Waals surface area contributed by atoms with E-state index >= 15 is 0 Å². The number of aliphatic carboxylic acids is 1. The zero-order chi connectivity index (χ0) is 13.7. The maximum absolute atomic E-state index is 11.7. The van der Waals surface area contributed by atoms with Crippen LogP contribution in [0.1, 0.15) is 37.9 Å². The Kier molecular flexibility index (Phi) is 4.24. The first-order valence-corrected chi connectivity index (χ1v) is 6.65. The molecule has 0 aromatic carbocycles. The molecule has 1 fully saturated rings. The van der Waals surface area contributed by atoms with E-state index in [1.807, 2.05) is 6.07 Å². The van der Waals surface area contributed by atoms with Crippen LogP contribution >= 0.6 is 0 Å². The minimum atomic E-state index is -0.795. The van der Waals surface area contributed by atoms with Gasteiger partial charge in [-0.2, -0.15) is 0 Å². The molecule has 1 aliphatic rings. The van der Waals surface area contributed by atoms with Crippen LogP contribution in [0.3, 0.4) is 0 Å². The Labute approximate surface area is 112 Å². The third-order valence-corrected chi connectivity index (χ3v) is 3.82. The number of carbonyl (C=O) groups excluding carboxylic acids is 1. The van der Waals surface area contributed by atoms with Crippen molar-refractivity contribution in [3.8, 4) is 0 Å². The van der Waals surface area contributed by atoms with E-state index in [4.69, 9.17) is 4.42 Å². The number of furan rings is 1. The SMILES string of the molecule is O=C(CCc1ccco1)NCC1(C(=O)O)CCCC1. The number of carbonyl (C=O) groups is 2. The smallest absolute Gasteiger partial charge is 0.311 e. The molecule has 1 aromatic rings. The second-order valence-corrected chi connectivity index (χ2v) is 5.15. The van der Waals surface area contributed by atoms with Crippen LogP contribution in [-0.4, -0.2) is 23.5 Å². The van der Waals surface area contributed by atoms with Crippen molar-refractivity contribution in [3.63, 3.8) is 0 Å². The van der Waals surface area contributed by atoms with Gasteiger partial charge in [-0.05, 0) is 25.0 Å². The minimum absolute atomic E-state index is 0.121. The van der Waals surface area contributed by atoms with Gasteiger partial charge in [-0.1, -0.05) is 12.8 Å². The van der Waals surface area contributed by atoms with Gasteiger partial charge in [0.25, 0.3) is 0 Å². The molecule has 1 amide bonds. The number of hydrogen-bond acceptors (Lipinski definition) is 3. The molecule has 1 saturated carbocycles. The Hall–Kier alpha value is -1.78. The monoisotopic (exact) mass is 265 g/mol. The summed E-state index contributed by atoms with van der Waals surface area (Å²) in [5.74, 6) is -0.149. The van der Waals surface area contributed by atoms with Crippen LogP contribution in [0.25, 0.3) is 0 Å². The molecular weight excluding hydrogens is 246 g/mol. The quantitative estimate of drug-likeness (QED) is 0.824. The van der Waals surface area contributed by atoms with Crippen molar-refractivity contribution in [2.45, 2.75) is 38.5 Å². The van der Waals surface area contributed by atoms with Crippen LogP contribution in [-0.2, 0) is 16.0 Å². The lowest BCUT2D eigenvalue weighted by Gasteiger charge is -2.23. The summed E-state index contributed by atoms with van der Waals surface area (Å²) >= 11 is 0. The summed E-state index contributed by atoms with van der Waals surface area (Å²) in [6.07, 6.45) is 5.60. The number of nitrogens with one attached hydrogen (secondary N) is 1. The van der Waals surface area contributed by atoms with Crippen molar-refractivity contribution in [2.24, 2.45) is 5.41 Å². The van der Waals surface area contributed by atoms with Gasteiger partial charge in [0.05, 0.1) is 11.7 Å². The number of aryl methyl sites for hydroxylation is 1. The molecule has 1 aromatic heterocycles. The van der Waals surface area contributed by atoms with Crippen LogP contribution in [0.5, 0.6) is 0 Å². The summed E-state index contributed by atoms with van der Waals surface area (Å²) in [7, 11) is 0. The van der Waals surface area contributed by atoms with Crippen molar-refractivity contribution in [2.75, 3.05) is 6.54 Å². The lowest BCUT2D eigenvalue weighted by atomic mass is 9.86.